The SMILES string of the molecule is CCNC(c1ccc(OC)c(Cl)c1)C1(CC)CCCC1. The lowest BCUT2D eigenvalue weighted by molar-refractivity contribution is 0.189. The van der Waals surface area contributed by atoms with E-state index in [9.17, 15) is 0 Å². The molecule has 1 aromatic rings. The van der Waals surface area contributed by atoms with Crippen LogP contribution in [0.15, 0.2) is 18.2 Å². The normalized spacial score (nSPS) is 19.0. The molecule has 112 valence electrons. The van der Waals surface area contributed by atoms with Gasteiger partial charge in [-0.05, 0) is 48.9 Å². The van der Waals surface area contributed by atoms with E-state index in [4.69, 9.17) is 16.3 Å². The van der Waals surface area contributed by atoms with Gasteiger partial charge in [-0.3, -0.25) is 0 Å². The molecule has 1 unspecified atom stereocenters. The Labute approximate surface area is 127 Å². The lowest BCUT2D eigenvalue weighted by Crippen LogP contribution is -2.36. The predicted octanol–water partition coefficient (Wildman–Crippen LogP) is 4.97. The Morgan fingerprint density at radius 3 is 2.50 bits per heavy atom. The van der Waals surface area contributed by atoms with Crippen LogP contribution in [0.2, 0.25) is 5.02 Å². The average Bonchev–Trinajstić information content (AvgIpc) is 2.94. The summed E-state index contributed by atoms with van der Waals surface area (Å²) < 4.78 is 5.26. The molecule has 3 heteroatoms. The van der Waals surface area contributed by atoms with Crippen LogP contribution >= 0.6 is 11.6 Å². The molecule has 1 saturated carbocycles. The molecule has 1 aromatic carbocycles. The predicted molar refractivity (Wildman–Crippen MR) is 85.6 cm³/mol. The van der Waals surface area contributed by atoms with Crippen molar-refractivity contribution in [3.05, 3.63) is 28.8 Å². The topological polar surface area (TPSA) is 21.3 Å². The molecule has 20 heavy (non-hydrogen) atoms. The summed E-state index contributed by atoms with van der Waals surface area (Å²) in [4.78, 5) is 0. The maximum absolute atomic E-state index is 6.32. The highest BCUT2D eigenvalue weighted by Gasteiger charge is 2.40. The fourth-order valence-corrected chi connectivity index (χ4v) is 3.95. The van der Waals surface area contributed by atoms with Gasteiger partial charge in [0.05, 0.1) is 12.1 Å². The van der Waals surface area contributed by atoms with Gasteiger partial charge in [0.25, 0.3) is 0 Å². The Balaban J connectivity index is 2.35. The Morgan fingerprint density at radius 2 is 2.00 bits per heavy atom. The Bertz CT molecular complexity index is 441. The van der Waals surface area contributed by atoms with Crippen molar-refractivity contribution in [1.82, 2.24) is 5.32 Å². The van der Waals surface area contributed by atoms with E-state index in [2.05, 4.69) is 31.3 Å². The molecule has 0 spiro atoms. The molecule has 0 saturated heterocycles. The third kappa shape index (κ3) is 2.96. The fraction of sp³-hybridized carbons (Fsp3) is 0.647. The monoisotopic (exact) mass is 295 g/mol. The first-order valence-corrected chi connectivity index (χ1v) is 8.11. The quantitative estimate of drug-likeness (QED) is 0.800. The number of hydrogen-bond acceptors (Lipinski definition) is 2. The van der Waals surface area contributed by atoms with Crippen LogP contribution < -0.4 is 10.1 Å². The molecule has 0 heterocycles. The summed E-state index contributed by atoms with van der Waals surface area (Å²) in [6.07, 6.45) is 6.53. The summed E-state index contributed by atoms with van der Waals surface area (Å²) in [6.45, 7) is 5.48. The highest BCUT2D eigenvalue weighted by Crippen LogP contribution is 2.50. The number of hydrogen-bond donors (Lipinski definition) is 1. The van der Waals surface area contributed by atoms with Crippen molar-refractivity contribution < 1.29 is 4.74 Å². The zero-order valence-electron chi connectivity index (χ0n) is 12.8. The molecule has 0 bridgehead atoms. The maximum Gasteiger partial charge on any atom is 0.137 e. The van der Waals surface area contributed by atoms with Crippen LogP contribution in [0.3, 0.4) is 0 Å². The average molecular weight is 296 g/mol. The molecule has 1 fully saturated rings. The maximum atomic E-state index is 6.32. The van der Waals surface area contributed by atoms with E-state index in [0.717, 1.165) is 12.3 Å². The van der Waals surface area contributed by atoms with Gasteiger partial charge in [0, 0.05) is 6.04 Å². The number of ether oxygens (including phenoxy) is 1. The van der Waals surface area contributed by atoms with E-state index >= 15 is 0 Å². The molecule has 0 radical (unpaired) electrons. The summed E-state index contributed by atoms with van der Waals surface area (Å²) in [6, 6.07) is 6.61. The van der Waals surface area contributed by atoms with Gasteiger partial charge >= 0.3 is 0 Å². The molecule has 1 aliphatic carbocycles. The van der Waals surface area contributed by atoms with Crippen molar-refractivity contribution in [3.63, 3.8) is 0 Å². The fourth-order valence-electron chi connectivity index (χ4n) is 3.68. The van der Waals surface area contributed by atoms with Crippen molar-refractivity contribution in [2.24, 2.45) is 5.41 Å². The van der Waals surface area contributed by atoms with Gasteiger partial charge in [-0.1, -0.05) is 44.4 Å². The van der Waals surface area contributed by atoms with E-state index in [1.807, 2.05) is 6.07 Å². The highest BCUT2D eigenvalue weighted by molar-refractivity contribution is 6.32. The number of rotatable bonds is 6. The number of benzene rings is 1. The molecule has 1 atom stereocenters. The minimum atomic E-state index is 0.383. The van der Waals surface area contributed by atoms with E-state index in [1.165, 1.54) is 37.7 Å². The van der Waals surface area contributed by atoms with Gasteiger partial charge in [-0.15, -0.1) is 0 Å². The van der Waals surface area contributed by atoms with E-state index in [1.54, 1.807) is 7.11 Å². The zero-order chi connectivity index (χ0) is 14.6. The summed E-state index contributed by atoms with van der Waals surface area (Å²) in [5, 5.41) is 4.40. The lowest BCUT2D eigenvalue weighted by atomic mass is 9.73. The van der Waals surface area contributed by atoms with Crippen molar-refractivity contribution in [2.75, 3.05) is 13.7 Å². The largest absolute Gasteiger partial charge is 0.495 e. The van der Waals surface area contributed by atoms with Crippen LogP contribution in [0.1, 0.15) is 57.6 Å². The second-order valence-corrected chi connectivity index (χ2v) is 6.21. The first kappa shape index (κ1) is 15.7. The van der Waals surface area contributed by atoms with E-state index in [0.29, 0.717) is 16.5 Å². The first-order chi connectivity index (χ1) is 9.66. The second kappa shape index (κ2) is 6.82. The molecule has 1 aliphatic rings. The van der Waals surface area contributed by atoms with Gasteiger partial charge < -0.3 is 10.1 Å². The van der Waals surface area contributed by atoms with Crippen molar-refractivity contribution in [1.29, 1.82) is 0 Å². The van der Waals surface area contributed by atoms with Crippen molar-refractivity contribution in [2.45, 2.75) is 52.0 Å². The Hall–Kier alpha value is -0.730. The number of halogens is 1. The van der Waals surface area contributed by atoms with Crippen LogP contribution in [0.25, 0.3) is 0 Å². The molecule has 0 aromatic heterocycles. The van der Waals surface area contributed by atoms with E-state index < -0.39 is 0 Å². The third-order valence-corrected chi connectivity index (χ3v) is 5.13. The summed E-state index contributed by atoms with van der Waals surface area (Å²) in [7, 11) is 1.66. The Morgan fingerprint density at radius 1 is 1.30 bits per heavy atom. The molecule has 0 aliphatic heterocycles. The van der Waals surface area contributed by atoms with Crippen LogP contribution in [0.5, 0.6) is 5.75 Å². The van der Waals surface area contributed by atoms with Crippen LogP contribution in [0.4, 0.5) is 0 Å². The molecular formula is C17H26ClNO. The number of nitrogens with one attached hydrogen (secondary N) is 1. The van der Waals surface area contributed by atoms with Crippen LogP contribution in [-0.4, -0.2) is 13.7 Å². The first-order valence-electron chi connectivity index (χ1n) is 7.73. The van der Waals surface area contributed by atoms with E-state index in [-0.39, 0.29) is 0 Å². The van der Waals surface area contributed by atoms with Crippen molar-refractivity contribution in [3.8, 4) is 5.75 Å². The summed E-state index contributed by atoms with van der Waals surface area (Å²) in [5.74, 6) is 0.752. The molecule has 2 nitrogen and oxygen atoms in total. The smallest absolute Gasteiger partial charge is 0.137 e. The van der Waals surface area contributed by atoms with Gasteiger partial charge in [0.1, 0.15) is 5.75 Å². The minimum absolute atomic E-state index is 0.383. The summed E-state index contributed by atoms with van der Waals surface area (Å²) >= 11 is 6.32. The standard InChI is InChI=1S/C17H26ClNO/c1-4-17(10-6-7-11-17)16(19-5-2)13-8-9-15(20-3)14(18)12-13/h8-9,12,16,19H,4-7,10-11H2,1-3H3. The molecular weight excluding hydrogens is 270 g/mol. The Kier molecular flexibility index (Phi) is 5.34. The van der Waals surface area contributed by atoms with Crippen molar-refractivity contribution >= 4 is 11.6 Å². The van der Waals surface area contributed by atoms with Gasteiger partial charge in [0.15, 0.2) is 0 Å². The van der Waals surface area contributed by atoms with Crippen LogP contribution in [0, 0.1) is 5.41 Å². The van der Waals surface area contributed by atoms with Gasteiger partial charge in [-0.25, -0.2) is 0 Å². The molecule has 1 N–H and O–H groups in total. The zero-order valence-corrected chi connectivity index (χ0v) is 13.6. The minimum Gasteiger partial charge on any atom is -0.495 e. The third-order valence-electron chi connectivity index (χ3n) is 4.83. The highest BCUT2D eigenvalue weighted by atomic mass is 35.5. The van der Waals surface area contributed by atoms with Gasteiger partial charge in [0.2, 0.25) is 0 Å². The summed E-state index contributed by atoms with van der Waals surface area (Å²) in [5.41, 5.74) is 1.68. The molecule has 2 rings (SSSR count). The van der Waals surface area contributed by atoms with Crippen LogP contribution in [-0.2, 0) is 0 Å². The molecule has 0 amide bonds. The second-order valence-electron chi connectivity index (χ2n) is 5.81. The van der Waals surface area contributed by atoms with Gasteiger partial charge in [-0.2, -0.15) is 0 Å². The lowest BCUT2D eigenvalue weighted by Gasteiger charge is -2.38. The number of methoxy groups -OCH3 is 1.